The highest BCUT2D eigenvalue weighted by molar-refractivity contribution is 5.62. The summed E-state index contributed by atoms with van der Waals surface area (Å²) < 4.78 is 37.3. The average Bonchev–Trinajstić information content (AvgIpc) is 2.29. The maximum atomic E-state index is 12.4. The number of benzene rings is 1. The van der Waals surface area contributed by atoms with Crippen molar-refractivity contribution in [3.05, 3.63) is 54.4 Å². The van der Waals surface area contributed by atoms with Gasteiger partial charge in [-0.3, -0.25) is 4.98 Å². The second-order valence-corrected chi connectivity index (χ2v) is 3.25. The summed E-state index contributed by atoms with van der Waals surface area (Å²) in [6.45, 7) is 0. The van der Waals surface area contributed by atoms with Gasteiger partial charge in [-0.25, -0.2) is 0 Å². The number of alkyl halides is 3. The van der Waals surface area contributed by atoms with E-state index in [1.807, 2.05) is 0 Å². The Morgan fingerprint density at radius 2 is 1.94 bits per heavy atom. The van der Waals surface area contributed by atoms with Crippen LogP contribution >= 0.6 is 0 Å². The van der Waals surface area contributed by atoms with E-state index in [2.05, 4.69) is 11.1 Å². The molecule has 0 bridgehead atoms. The predicted molar refractivity (Wildman–Crippen MR) is 53.5 cm³/mol. The number of hydrogen-bond acceptors (Lipinski definition) is 1. The quantitative estimate of drug-likeness (QED) is 0.718. The second-order valence-electron chi connectivity index (χ2n) is 3.25. The summed E-state index contributed by atoms with van der Waals surface area (Å²) in [5.41, 5.74) is 0.404. The lowest BCUT2D eigenvalue weighted by molar-refractivity contribution is -0.137. The third-order valence-corrected chi connectivity index (χ3v) is 2.11. The van der Waals surface area contributed by atoms with Crippen LogP contribution in [-0.4, -0.2) is 4.98 Å². The molecule has 0 saturated carbocycles. The number of nitrogens with zero attached hydrogens (tertiary/aromatic N) is 1. The van der Waals surface area contributed by atoms with Crippen LogP contribution < -0.4 is 0 Å². The van der Waals surface area contributed by atoms with Crippen molar-refractivity contribution < 1.29 is 13.2 Å². The Hall–Kier alpha value is -1.84. The van der Waals surface area contributed by atoms with Gasteiger partial charge < -0.3 is 0 Å². The highest BCUT2D eigenvalue weighted by atomic mass is 19.4. The van der Waals surface area contributed by atoms with Gasteiger partial charge in [0.15, 0.2) is 0 Å². The Balaban J connectivity index is 2.45. The summed E-state index contributed by atoms with van der Waals surface area (Å²) in [5, 5.41) is 0. The molecule has 0 atom stereocenters. The molecule has 0 saturated heterocycles. The Morgan fingerprint density at radius 1 is 1.12 bits per heavy atom. The molecule has 0 aliphatic heterocycles. The summed E-state index contributed by atoms with van der Waals surface area (Å²) in [5.74, 6) is 0. The van der Waals surface area contributed by atoms with E-state index in [9.17, 15) is 13.2 Å². The molecule has 1 aromatic heterocycles. The number of halogens is 3. The van der Waals surface area contributed by atoms with Crippen LogP contribution in [0.4, 0.5) is 13.2 Å². The molecule has 81 valence electrons. The molecule has 0 unspecified atom stereocenters. The van der Waals surface area contributed by atoms with E-state index in [0.29, 0.717) is 11.1 Å². The Morgan fingerprint density at radius 3 is 2.56 bits per heavy atom. The first-order valence-corrected chi connectivity index (χ1v) is 4.56. The minimum Gasteiger partial charge on any atom is -0.264 e. The third-order valence-electron chi connectivity index (χ3n) is 2.11. The molecule has 0 spiro atoms. The fourth-order valence-electron chi connectivity index (χ4n) is 1.34. The topological polar surface area (TPSA) is 12.9 Å². The van der Waals surface area contributed by atoms with Crippen LogP contribution in [0, 0.1) is 6.07 Å². The molecule has 4 heteroatoms. The summed E-state index contributed by atoms with van der Waals surface area (Å²) in [4.78, 5) is 3.86. The number of aromatic nitrogens is 1. The van der Waals surface area contributed by atoms with Gasteiger partial charge in [0.2, 0.25) is 0 Å². The van der Waals surface area contributed by atoms with Gasteiger partial charge in [0.1, 0.15) is 0 Å². The van der Waals surface area contributed by atoms with Gasteiger partial charge in [0, 0.05) is 18.0 Å². The number of rotatable bonds is 1. The van der Waals surface area contributed by atoms with Gasteiger partial charge >= 0.3 is 6.18 Å². The van der Waals surface area contributed by atoms with E-state index in [0.717, 1.165) is 12.1 Å². The van der Waals surface area contributed by atoms with Crippen molar-refractivity contribution in [1.29, 1.82) is 0 Å². The predicted octanol–water partition coefficient (Wildman–Crippen LogP) is 3.57. The van der Waals surface area contributed by atoms with Gasteiger partial charge in [-0.05, 0) is 35.9 Å². The van der Waals surface area contributed by atoms with Crippen molar-refractivity contribution in [2.24, 2.45) is 0 Å². The van der Waals surface area contributed by atoms with Crippen LogP contribution in [0.1, 0.15) is 5.56 Å². The van der Waals surface area contributed by atoms with E-state index in [1.54, 1.807) is 18.3 Å². The fourth-order valence-corrected chi connectivity index (χ4v) is 1.34. The lowest BCUT2D eigenvalue weighted by atomic mass is 10.0. The Labute approximate surface area is 90.6 Å². The molecule has 0 aliphatic rings. The molecular formula is C12H7F3N. The normalized spacial score (nSPS) is 11.4. The van der Waals surface area contributed by atoms with Gasteiger partial charge in [-0.1, -0.05) is 6.07 Å². The maximum absolute atomic E-state index is 12.4. The van der Waals surface area contributed by atoms with Crippen LogP contribution in [-0.2, 0) is 6.18 Å². The zero-order valence-electron chi connectivity index (χ0n) is 8.12. The lowest BCUT2D eigenvalue weighted by Gasteiger charge is -2.08. The lowest BCUT2D eigenvalue weighted by Crippen LogP contribution is -2.04. The van der Waals surface area contributed by atoms with Crippen molar-refractivity contribution in [3.63, 3.8) is 0 Å². The first kappa shape index (κ1) is 10.7. The third kappa shape index (κ3) is 2.21. The largest absolute Gasteiger partial charge is 0.416 e. The van der Waals surface area contributed by atoms with Crippen molar-refractivity contribution in [1.82, 2.24) is 4.98 Å². The number of pyridine rings is 1. The first-order valence-electron chi connectivity index (χ1n) is 4.56. The second kappa shape index (κ2) is 3.96. The zero-order valence-corrected chi connectivity index (χ0v) is 8.12. The van der Waals surface area contributed by atoms with E-state index in [1.165, 1.54) is 12.3 Å². The van der Waals surface area contributed by atoms with Crippen LogP contribution in [0.15, 0.2) is 42.7 Å². The van der Waals surface area contributed by atoms with Crippen molar-refractivity contribution >= 4 is 0 Å². The van der Waals surface area contributed by atoms with E-state index in [-0.39, 0.29) is 0 Å². The van der Waals surface area contributed by atoms with Gasteiger partial charge in [-0.2, -0.15) is 13.2 Å². The minimum atomic E-state index is -4.34. The first-order chi connectivity index (χ1) is 7.57. The summed E-state index contributed by atoms with van der Waals surface area (Å²) >= 11 is 0. The fraction of sp³-hybridized carbons (Fsp3) is 0.0833. The molecule has 0 N–H and O–H groups in total. The van der Waals surface area contributed by atoms with Gasteiger partial charge in [0.25, 0.3) is 0 Å². The Kier molecular flexibility index (Phi) is 2.64. The molecule has 1 heterocycles. The van der Waals surface area contributed by atoms with Crippen molar-refractivity contribution in [2.75, 3.05) is 0 Å². The van der Waals surface area contributed by atoms with Crippen LogP contribution in [0.3, 0.4) is 0 Å². The van der Waals surface area contributed by atoms with Gasteiger partial charge in [-0.15, -0.1) is 0 Å². The summed E-state index contributed by atoms with van der Waals surface area (Å²) in [6, 6.07) is 9.40. The minimum absolute atomic E-state index is 0.461. The molecule has 1 radical (unpaired) electrons. The zero-order chi connectivity index (χ0) is 11.6. The van der Waals surface area contributed by atoms with Gasteiger partial charge in [0.05, 0.1) is 5.56 Å². The number of hydrogen-bond donors (Lipinski definition) is 0. The molecule has 1 aromatic carbocycles. The molecule has 0 amide bonds. The monoisotopic (exact) mass is 222 g/mol. The highest BCUT2D eigenvalue weighted by Gasteiger charge is 2.30. The molecule has 16 heavy (non-hydrogen) atoms. The van der Waals surface area contributed by atoms with Crippen LogP contribution in [0.25, 0.3) is 11.1 Å². The van der Waals surface area contributed by atoms with Crippen molar-refractivity contribution in [3.8, 4) is 11.1 Å². The molecule has 0 fully saturated rings. The molecule has 2 rings (SSSR count). The summed E-state index contributed by atoms with van der Waals surface area (Å²) in [6.07, 6.45) is -1.25. The van der Waals surface area contributed by atoms with E-state index in [4.69, 9.17) is 0 Å². The Bertz CT molecular complexity index is 477. The smallest absolute Gasteiger partial charge is 0.264 e. The molecule has 2 aromatic rings. The van der Waals surface area contributed by atoms with Crippen LogP contribution in [0.5, 0.6) is 0 Å². The maximum Gasteiger partial charge on any atom is 0.416 e. The van der Waals surface area contributed by atoms with E-state index < -0.39 is 11.7 Å². The van der Waals surface area contributed by atoms with E-state index >= 15 is 0 Å². The summed E-state index contributed by atoms with van der Waals surface area (Å²) in [7, 11) is 0. The molecular weight excluding hydrogens is 215 g/mol. The molecule has 1 nitrogen and oxygen atoms in total. The highest BCUT2D eigenvalue weighted by Crippen LogP contribution is 2.31. The van der Waals surface area contributed by atoms with Crippen molar-refractivity contribution in [2.45, 2.75) is 6.18 Å². The van der Waals surface area contributed by atoms with Crippen LogP contribution in [0.2, 0.25) is 0 Å². The average molecular weight is 222 g/mol. The molecule has 0 aliphatic carbocycles. The standard InChI is InChI=1S/C12H7F3N/c13-12(14,15)11-5-1-3-9(7-11)10-4-2-6-16-8-10/h2-8H. The SMILES string of the molecule is FC(F)(F)c1c[c]cc(-c2cccnc2)c1.